The van der Waals surface area contributed by atoms with Crippen molar-refractivity contribution in [3.05, 3.63) is 65.7 Å². The maximum Gasteiger partial charge on any atom is 0.415 e. The Morgan fingerprint density at radius 3 is 2.60 bits per heavy atom. The van der Waals surface area contributed by atoms with Crippen LogP contribution in [0.2, 0.25) is 0 Å². The summed E-state index contributed by atoms with van der Waals surface area (Å²) in [5.74, 6) is -0.135. The first-order valence-corrected chi connectivity index (χ1v) is 8.21. The molecule has 128 valence electrons. The summed E-state index contributed by atoms with van der Waals surface area (Å²) in [4.78, 5) is 25.5. The summed E-state index contributed by atoms with van der Waals surface area (Å²) >= 11 is 0. The van der Waals surface area contributed by atoms with E-state index in [0.717, 1.165) is 16.8 Å². The van der Waals surface area contributed by atoms with Crippen LogP contribution in [0, 0.1) is 0 Å². The van der Waals surface area contributed by atoms with Gasteiger partial charge in [-0.1, -0.05) is 42.5 Å². The molecule has 0 radical (unpaired) electrons. The van der Waals surface area contributed by atoms with Gasteiger partial charge in [0.2, 0.25) is 5.91 Å². The smallest absolute Gasteiger partial charge is 0.415 e. The fourth-order valence-corrected chi connectivity index (χ4v) is 2.93. The van der Waals surface area contributed by atoms with Crippen LogP contribution in [0.4, 0.5) is 16.2 Å². The first-order chi connectivity index (χ1) is 12.1. The Bertz CT molecular complexity index is 815. The average molecular weight is 336 g/mol. The highest BCUT2D eigenvalue weighted by Crippen LogP contribution is 2.38. The number of amides is 2. The summed E-state index contributed by atoms with van der Waals surface area (Å²) in [7, 11) is 0. The van der Waals surface area contributed by atoms with E-state index < -0.39 is 6.09 Å². The maximum absolute atomic E-state index is 12.6. The van der Waals surface area contributed by atoms with E-state index in [1.807, 2.05) is 54.6 Å². The van der Waals surface area contributed by atoms with Gasteiger partial charge in [0.15, 0.2) is 0 Å². The highest BCUT2D eigenvalue weighted by atomic mass is 16.6. The van der Waals surface area contributed by atoms with Crippen LogP contribution in [0.25, 0.3) is 6.08 Å². The molecule has 25 heavy (non-hydrogen) atoms. The Hall–Kier alpha value is -3.08. The highest BCUT2D eigenvalue weighted by Gasteiger charge is 2.30. The molecule has 5 heteroatoms. The Kier molecular flexibility index (Phi) is 4.84. The molecule has 1 atom stereocenters. The summed E-state index contributed by atoms with van der Waals surface area (Å²) < 4.78 is 5.27. The van der Waals surface area contributed by atoms with E-state index in [0.29, 0.717) is 12.3 Å². The number of nitrogens with one attached hydrogen (secondary N) is 1. The molecule has 2 amide bonds. The molecule has 0 spiro atoms. The van der Waals surface area contributed by atoms with Crippen molar-refractivity contribution >= 4 is 29.5 Å². The van der Waals surface area contributed by atoms with Gasteiger partial charge < -0.3 is 10.1 Å². The Morgan fingerprint density at radius 1 is 1.16 bits per heavy atom. The molecule has 1 aliphatic heterocycles. The van der Waals surface area contributed by atoms with Crippen LogP contribution in [0.15, 0.2) is 54.6 Å². The van der Waals surface area contributed by atoms with Crippen LogP contribution in [0.1, 0.15) is 31.0 Å². The molecular weight excluding hydrogens is 316 g/mol. The molecule has 1 N–H and O–H groups in total. The first-order valence-electron chi connectivity index (χ1n) is 8.21. The van der Waals surface area contributed by atoms with Gasteiger partial charge >= 0.3 is 6.09 Å². The molecule has 1 aliphatic rings. The standard InChI is InChI=1S/C20H20N2O3/c1-3-25-20(24)22-18(15-7-5-4-6-8-15)11-9-16-13-17(21-14(2)23)10-12-19(16)22/h4-13,18H,3H2,1-2H3,(H,21,23)/t18-/m0/s1. The molecule has 0 aromatic heterocycles. The van der Waals surface area contributed by atoms with Gasteiger partial charge in [0.25, 0.3) is 0 Å². The summed E-state index contributed by atoms with van der Waals surface area (Å²) in [5, 5.41) is 2.76. The molecule has 0 aliphatic carbocycles. The van der Waals surface area contributed by atoms with E-state index in [2.05, 4.69) is 5.32 Å². The minimum Gasteiger partial charge on any atom is -0.449 e. The minimum atomic E-state index is -0.394. The van der Waals surface area contributed by atoms with Gasteiger partial charge in [0.1, 0.15) is 0 Å². The number of anilines is 2. The topological polar surface area (TPSA) is 58.6 Å². The summed E-state index contributed by atoms with van der Waals surface area (Å²) in [6, 6.07) is 15.0. The second kappa shape index (κ2) is 7.21. The lowest BCUT2D eigenvalue weighted by atomic mass is 9.97. The number of fused-ring (bicyclic) bond motifs is 1. The van der Waals surface area contributed by atoms with Crippen molar-refractivity contribution in [2.75, 3.05) is 16.8 Å². The van der Waals surface area contributed by atoms with E-state index in [1.165, 1.54) is 6.92 Å². The van der Waals surface area contributed by atoms with E-state index in [-0.39, 0.29) is 11.9 Å². The molecule has 1 heterocycles. The normalized spacial score (nSPS) is 15.4. The summed E-state index contributed by atoms with van der Waals surface area (Å²) in [6.45, 7) is 3.56. The molecule has 0 saturated heterocycles. The Morgan fingerprint density at radius 2 is 1.92 bits per heavy atom. The molecule has 0 saturated carbocycles. The first kappa shape index (κ1) is 16.8. The van der Waals surface area contributed by atoms with E-state index in [4.69, 9.17) is 4.74 Å². The van der Waals surface area contributed by atoms with Gasteiger partial charge in [-0.05, 0) is 30.7 Å². The molecule has 0 unspecified atom stereocenters. The van der Waals surface area contributed by atoms with Crippen molar-refractivity contribution in [1.29, 1.82) is 0 Å². The monoisotopic (exact) mass is 336 g/mol. The van der Waals surface area contributed by atoms with Crippen molar-refractivity contribution < 1.29 is 14.3 Å². The van der Waals surface area contributed by atoms with Crippen molar-refractivity contribution in [3.63, 3.8) is 0 Å². The number of ether oxygens (including phenoxy) is 1. The number of benzene rings is 2. The molecule has 0 fully saturated rings. The fourth-order valence-electron chi connectivity index (χ4n) is 2.93. The molecule has 2 aromatic rings. The lowest BCUT2D eigenvalue weighted by molar-refractivity contribution is -0.114. The molecule has 5 nitrogen and oxygen atoms in total. The lowest BCUT2D eigenvalue weighted by Gasteiger charge is -2.33. The largest absolute Gasteiger partial charge is 0.449 e. The number of carbonyl (C=O) groups is 2. The van der Waals surface area contributed by atoms with Crippen molar-refractivity contribution in [1.82, 2.24) is 0 Å². The highest BCUT2D eigenvalue weighted by molar-refractivity contribution is 5.96. The van der Waals surface area contributed by atoms with E-state index in [9.17, 15) is 9.59 Å². The SMILES string of the molecule is CCOC(=O)N1c2ccc(NC(C)=O)cc2C=C[C@H]1c1ccccc1. The van der Waals surface area contributed by atoms with Crippen LogP contribution in [-0.4, -0.2) is 18.6 Å². The minimum absolute atomic E-state index is 0.135. The second-order valence-corrected chi connectivity index (χ2v) is 5.74. The van der Waals surface area contributed by atoms with Gasteiger partial charge in [-0.15, -0.1) is 0 Å². The van der Waals surface area contributed by atoms with Crippen molar-refractivity contribution in [2.24, 2.45) is 0 Å². The molecule has 3 rings (SSSR count). The zero-order chi connectivity index (χ0) is 17.8. The van der Waals surface area contributed by atoms with Crippen LogP contribution in [0.3, 0.4) is 0 Å². The third-order valence-electron chi connectivity index (χ3n) is 3.95. The predicted molar refractivity (Wildman–Crippen MR) is 98.5 cm³/mol. The quantitative estimate of drug-likeness (QED) is 0.905. The number of nitrogens with zero attached hydrogens (tertiary/aromatic N) is 1. The number of rotatable bonds is 3. The third kappa shape index (κ3) is 3.55. The zero-order valence-corrected chi connectivity index (χ0v) is 14.2. The molecule has 2 aromatic carbocycles. The van der Waals surface area contributed by atoms with Crippen LogP contribution < -0.4 is 10.2 Å². The predicted octanol–water partition coefficient (Wildman–Crippen LogP) is 4.38. The van der Waals surface area contributed by atoms with Gasteiger partial charge in [-0.25, -0.2) is 4.79 Å². The van der Waals surface area contributed by atoms with Gasteiger partial charge in [-0.2, -0.15) is 0 Å². The number of hydrogen-bond donors (Lipinski definition) is 1. The van der Waals surface area contributed by atoms with Crippen LogP contribution in [0.5, 0.6) is 0 Å². The number of carbonyl (C=O) groups excluding carboxylic acids is 2. The molecular formula is C20H20N2O3. The zero-order valence-electron chi connectivity index (χ0n) is 14.2. The van der Waals surface area contributed by atoms with Crippen LogP contribution >= 0.6 is 0 Å². The fraction of sp³-hybridized carbons (Fsp3) is 0.200. The van der Waals surface area contributed by atoms with Crippen LogP contribution in [-0.2, 0) is 9.53 Å². The van der Waals surface area contributed by atoms with Crippen molar-refractivity contribution in [2.45, 2.75) is 19.9 Å². The summed E-state index contributed by atoms with van der Waals surface area (Å²) in [6.07, 6.45) is 3.54. The maximum atomic E-state index is 12.6. The Labute approximate surface area is 146 Å². The average Bonchev–Trinajstić information content (AvgIpc) is 2.61. The third-order valence-corrected chi connectivity index (χ3v) is 3.95. The molecule has 0 bridgehead atoms. The van der Waals surface area contributed by atoms with Gasteiger partial charge in [-0.3, -0.25) is 9.69 Å². The lowest BCUT2D eigenvalue weighted by Crippen LogP contribution is -2.36. The van der Waals surface area contributed by atoms with Crippen molar-refractivity contribution in [3.8, 4) is 0 Å². The summed E-state index contributed by atoms with van der Waals surface area (Å²) in [5.41, 5.74) is 3.30. The van der Waals surface area contributed by atoms with Gasteiger partial charge in [0, 0.05) is 18.2 Å². The van der Waals surface area contributed by atoms with E-state index in [1.54, 1.807) is 17.9 Å². The van der Waals surface area contributed by atoms with E-state index >= 15 is 0 Å². The van der Waals surface area contributed by atoms with Gasteiger partial charge in [0.05, 0.1) is 18.3 Å². The Balaban J connectivity index is 2.03. The second-order valence-electron chi connectivity index (χ2n) is 5.74. The number of hydrogen-bond acceptors (Lipinski definition) is 3.